The fraction of sp³-hybridized carbons (Fsp3) is 0.800. The number of rotatable bonds is 5. The van der Waals surface area contributed by atoms with Gasteiger partial charge in [-0.15, -0.1) is 0 Å². The third kappa shape index (κ3) is 9.21. The summed E-state index contributed by atoms with van der Waals surface area (Å²) < 4.78 is 0. The average Bonchev–Trinajstić information content (AvgIpc) is 1.97. The summed E-state index contributed by atoms with van der Waals surface area (Å²) in [5.74, 6) is -0.537. The number of amides is 2. The lowest BCUT2D eigenvalue weighted by Gasteiger charge is -2.21. The smallest absolute Gasteiger partial charge is 0.234 e. The van der Waals surface area contributed by atoms with Gasteiger partial charge in [-0.2, -0.15) is 0 Å². The number of nitrogens with two attached hydrogens (primary N) is 1. The molecule has 88 valence electrons. The zero-order valence-corrected chi connectivity index (χ0v) is 9.89. The van der Waals surface area contributed by atoms with Gasteiger partial charge in [0.1, 0.15) is 0 Å². The SMILES string of the molecule is CC(CC(N)=O)NC(=O)CNC(C)(C)C. The van der Waals surface area contributed by atoms with E-state index >= 15 is 0 Å². The van der Waals surface area contributed by atoms with E-state index < -0.39 is 5.91 Å². The minimum atomic E-state index is -0.411. The molecule has 5 heteroatoms. The number of primary amides is 1. The van der Waals surface area contributed by atoms with E-state index in [4.69, 9.17) is 5.73 Å². The topological polar surface area (TPSA) is 84.2 Å². The van der Waals surface area contributed by atoms with Crippen molar-refractivity contribution >= 4 is 11.8 Å². The standard InChI is InChI=1S/C10H21N3O2/c1-7(5-8(11)14)13-9(15)6-12-10(2,3)4/h7,12H,5-6H2,1-4H3,(H2,11,14)(H,13,15). The molecule has 5 nitrogen and oxygen atoms in total. The van der Waals surface area contributed by atoms with E-state index in [0.717, 1.165) is 0 Å². The molecule has 0 aromatic carbocycles. The first-order valence-electron chi connectivity index (χ1n) is 5.03. The largest absolute Gasteiger partial charge is 0.370 e. The van der Waals surface area contributed by atoms with Gasteiger partial charge in [0.15, 0.2) is 0 Å². The van der Waals surface area contributed by atoms with Crippen LogP contribution in [0.3, 0.4) is 0 Å². The van der Waals surface area contributed by atoms with Crippen LogP contribution in [0.15, 0.2) is 0 Å². The van der Waals surface area contributed by atoms with Gasteiger partial charge < -0.3 is 16.4 Å². The van der Waals surface area contributed by atoms with Gasteiger partial charge >= 0.3 is 0 Å². The van der Waals surface area contributed by atoms with Crippen LogP contribution in [-0.4, -0.2) is 29.9 Å². The summed E-state index contributed by atoms with van der Waals surface area (Å²) in [6.07, 6.45) is 0.168. The highest BCUT2D eigenvalue weighted by molar-refractivity contribution is 5.80. The van der Waals surface area contributed by atoms with Crippen LogP contribution in [-0.2, 0) is 9.59 Å². The van der Waals surface area contributed by atoms with E-state index in [1.54, 1.807) is 6.92 Å². The summed E-state index contributed by atoms with van der Waals surface area (Å²) in [6, 6.07) is -0.211. The maximum Gasteiger partial charge on any atom is 0.234 e. The maximum absolute atomic E-state index is 11.4. The summed E-state index contributed by atoms with van der Waals surface area (Å²) in [5.41, 5.74) is 4.91. The van der Waals surface area contributed by atoms with Crippen LogP contribution in [0, 0.1) is 0 Å². The zero-order chi connectivity index (χ0) is 12.1. The van der Waals surface area contributed by atoms with Crippen LogP contribution in [0.2, 0.25) is 0 Å². The van der Waals surface area contributed by atoms with Crippen molar-refractivity contribution in [2.24, 2.45) is 5.73 Å². The first kappa shape index (κ1) is 13.9. The molecule has 0 radical (unpaired) electrons. The molecule has 2 amide bonds. The van der Waals surface area contributed by atoms with E-state index in [0.29, 0.717) is 0 Å². The van der Waals surface area contributed by atoms with Crippen LogP contribution < -0.4 is 16.4 Å². The predicted octanol–water partition coefficient (Wildman–Crippen LogP) is -0.245. The summed E-state index contributed by atoms with van der Waals surface area (Å²) in [4.78, 5) is 21.9. The first-order chi connectivity index (χ1) is 6.70. The van der Waals surface area contributed by atoms with Gasteiger partial charge in [0.25, 0.3) is 0 Å². The third-order valence-corrected chi connectivity index (χ3v) is 1.69. The summed E-state index contributed by atoms with van der Waals surface area (Å²) in [5, 5.41) is 5.73. The number of hydrogen-bond acceptors (Lipinski definition) is 3. The van der Waals surface area contributed by atoms with Crippen LogP contribution in [0.5, 0.6) is 0 Å². The van der Waals surface area contributed by atoms with E-state index in [1.807, 2.05) is 20.8 Å². The third-order valence-electron chi connectivity index (χ3n) is 1.69. The molecule has 0 aliphatic heterocycles. The predicted molar refractivity (Wildman–Crippen MR) is 59.2 cm³/mol. The van der Waals surface area contributed by atoms with Crippen molar-refractivity contribution in [1.82, 2.24) is 10.6 Å². The summed E-state index contributed by atoms with van der Waals surface area (Å²) >= 11 is 0. The monoisotopic (exact) mass is 215 g/mol. The van der Waals surface area contributed by atoms with Crippen LogP contribution in [0.25, 0.3) is 0 Å². The number of hydrogen-bond donors (Lipinski definition) is 3. The van der Waals surface area contributed by atoms with E-state index in [1.165, 1.54) is 0 Å². The molecule has 0 aliphatic rings. The van der Waals surface area contributed by atoms with Crippen LogP contribution >= 0.6 is 0 Å². The Kier molecular flexibility index (Phi) is 5.28. The van der Waals surface area contributed by atoms with Gasteiger partial charge in [-0.05, 0) is 27.7 Å². The highest BCUT2D eigenvalue weighted by Gasteiger charge is 2.13. The molecular formula is C10H21N3O2. The summed E-state index contributed by atoms with van der Waals surface area (Å²) in [7, 11) is 0. The summed E-state index contributed by atoms with van der Waals surface area (Å²) in [6.45, 7) is 7.93. The molecule has 0 heterocycles. The number of carbonyl (C=O) groups excluding carboxylic acids is 2. The van der Waals surface area contributed by atoms with Gasteiger partial charge in [-0.25, -0.2) is 0 Å². The molecule has 1 atom stereocenters. The normalized spacial score (nSPS) is 13.3. The minimum Gasteiger partial charge on any atom is -0.370 e. The van der Waals surface area contributed by atoms with Gasteiger partial charge in [0.05, 0.1) is 6.54 Å². The van der Waals surface area contributed by atoms with Gasteiger partial charge in [0, 0.05) is 18.0 Å². The second-order valence-electron chi connectivity index (χ2n) is 4.74. The van der Waals surface area contributed by atoms with Crippen molar-refractivity contribution in [3.05, 3.63) is 0 Å². The quantitative estimate of drug-likeness (QED) is 0.591. The van der Waals surface area contributed by atoms with Crippen molar-refractivity contribution in [2.75, 3.05) is 6.54 Å². The van der Waals surface area contributed by atoms with Gasteiger partial charge in [0.2, 0.25) is 11.8 Å². The molecule has 1 unspecified atom stereocenters. The first-order valence-corrected chi connectivity index (χ1v) is 5.03. The molecular weight excluding hydrogens is 194 g/mol. The Morgan fingerprint density at radius 3 is 2.27 bits per heavy atom. The van der Waals surface area contributed by atoms with Crippen molar-refractivity contribution in [3.8, 4) is 0 Å². The lowest BCUT2D eigenvalue weighted by Crippen LogP contribution is -2.46. The number of nitrogens with one attached hydrogen (secondary N) is 2. The van der Waals surface area contributed by atoms with E-state index in [9.17, 15) is 9.59 Å². The molecule has 0 aliphatic carbocycles. The fourth-order valence-corrected chi connectivity index (χ4v) is 1.02. The van der Waals surface area contributed by atoms with Crippen LogP contribution in [0.4, 0.5) is 0 Å². The Balaban J connectivity index is 3.79. The second-order valence-corrected chi connectivity index (χ2v) is 4.74. The van der Waals surface area contributed by atoms with Gasteiger partial charge in [-0.3, -0.25) is 9.59 Å². The van der Waals surface area contributed by atoms with Crippen molar-refractivity contribution in [3.63, 3.8) is 0 Å². The molecule has 0 bridgehead atoms. The lowest BCUT2D eigenvalue weighted by molar-refractivity contribution is -0.122. The molecule has 0 spiro atoms. The van der Waals surface area contributed by atoms with E-state index in [-0.39, 0.29) is 30.5 Å². The zero-order valence-electron chi connectivity index (χ0n) is 9.89. The molecule has 15 heavy (non-hydrogen) atoms. The maximum atomic E-state index is 11.4. The fourth-order valence-electron chi connectivity index (χ4n) is 1.02. The number of carbonyl (C=O) groups is 2. The second kappa shape index (κ2) is 5.70. The van der Waals surface area contributed by atoms with Crippen LogP contribution in [0.1, 0.15) is 34.1 Å². The van der Waals surface area contributed by atoms with Crippen molar-refractivity contribution in [1.29, 1.82) is 0 Å². The average molecular weight is 215 g/mol. The van der Waals surface area contributed by atoms with Crippen molar-refractivity contribution < 1.29 is 9.59 Å². The minimum absolute atomic E-state index is 0.0930. The van der Waals surface area contributed by atoms with Gasteiger partial charge in [-0.1, -0.05) is 0 Å². The molecule has 0 saturated heterocycles. The Labute approximate surface area is 90.8 Å². The Hall–Kier alpha value is -1.10. The molecule has 0 aromatic heterocycles. The van der Waals surface area contributed by atoms with Crippen molar-refractivity contribution in [2.45, 2.75) is 45.7 Å². The molecule has 0 fully saturated rings. The highest BCUT2D eigenvalue weighted by Crippen LogP contribution is 1.97. The van der Waals surface area contributed by atoms with E-state index in [2.05, 4.69) is 10.6 Å². The Morgan fingerprint density at radius 2 is 1.87 bits per heavy atom. The highest BCUT2D eigenvalue weighted by atomic mass is 16.2. The Morgan fingerprint density at radius 1 is 1.33 bits per heavy atom. The molecule has 0 saturated carbocycles. The Bertz CT molecular complexity index is 233. The molecule has 0 aromatic rings. The molecule has 4 N–H and O–H groups in total. The lowest BCUT2D eigenvalue weighted by atomic mass is 10.1. The molecule has 0 rings (SSSR count).